The number of imidazole rings is 1. The summed E-state index contributed by atoms with van der Waals surface area (Å²) in [7, 11) is 0. The van der Waals surface area contributed by atoms with Gasteiger partial charge >= 0.3 is 0 Å². The first-order valence-electron chi connectivity index (χ1n) is 8.75. The van der Waals surface area contributed by atoms with Crippen LogP contribution >= 0.6 is 0 Å². The number of nitrogens with one attached hydrogen (secondary N) is 1. The number of amides is 1. The van der Waals surface area contributed by atoms with E-state index in [-0.39, 0.29) is 5.91 Å². The highest BCUT2D eigenvalue weighted by Crippen LogP contribution is 2.17. The van der Waals surface area contributed by atoms with Gasteiger partial charge in [0.1, 0.15) is 11.3 Å². The summed E-state index contributed by atoms with van der Waals surface area (Å²) in [6.07, 6.45) is 3.79. The highest BCUT2D eigenvalue weighted by Gasteiger charge is 2.12. The first-order valence-corrected chi connectivity index (χ1v) is 8.75. The molecule has 0 aliphatic rings. The van der Waals surface area contributed by atoms with Crippen LogP contribution in [0.2, 0.25) is 0 Å². The summed E-state index contributed by atoms with van der Waals surface area (Å²) in [5.74, 6) is 0.928. The second kappa shape index (κ2) is 7.47. The lowest BCUT2D eigenvalue weighted by molar-refractivity contribution is -0.116. The quantitative estimate of drug-likeness (QED) is 0.739. The molecule has 0 saturated carbocycles. The molecule has 1 aromatic carbocycles. The molecule has 3 aromatic rings. The topological polar surface area (TPSA) is 59.8 Å². The second-order valence-corrected chi connectivity index (χ2v) is 6.37. The average Bonchev–Trinajstić information content (AvgIpc) is 2.95. The molecule has 5 heteroatoms. The van der Waals surface area contributed by atoms with Crippen molar-refractivity contribution in [1.29, 1.82) is 0 Å². The fourth-order valence-electron chi connectivity index (χ4n) is 2.92. The molecular weight excluding hydrogens is 312 g/mol. The molecule has 1 N–H and O–H groups in total. The van der Waals surface area contributed by atoms with Crippen molar-refractivity contribution in [1.82, 2.24) is 14.5 Å². The molecule has 2 heterocycles. The van der Waals surface area contributed by atoms with Crippen molar-refractivity contribution in [3.63, 3.8) is 0 Å². The number of fused-ring (bicyclic) bond motifs is 1. The van der Waals surface area contributed by atoms with Gasteiger partial charge in [-0.25, -0.2) is 9.97 Å². The third-order valence-corrected chi connectivity index (χ3v) is 4.40. The van der Waals surface area contributed by atoms with E-state index in [0.29, 0.717) is 12.8 Å². The van der Waals surface area contributed by atoms with Gasteiger partial charge in [0.25, 0.3) is 0 Å². The van der Waals surface area contributed by atoms with Crippen LogP contribution in [0.4, 0.5) is 5.69 Å². The molecule has 1 amide bonds. The summed E-state index contributed by atoms with van der Waals surface area (Å²) in [5, 5.41) is 2.97. The molecule has 25 heavy (non-hydrogen) atoms. The molecule has 0 fully saturated rings. The van der Waals surface area contributed by atoms with Crippen molar-refractivity contribution >= 4 is 22.8 Å². The molecule has 0 aliphatic heterocycles. The van der Waals surface area contributed by atoms with Crippen molar-refractivity contribution in [2.75, 3.05) is 5.32 Å². The first-order chi connectivity index (χ1) is 12.1. The van der Waals surface area contributed by atoms with Gasteiger partial charge in [-0.2, -0.15) is 0 Å². The number of aryl methyl sites for hydroxylation is 4. The third-order valence-electron chi connectivity index (χ3n) is 4.40. The van der Waals surface area contributed by atoms with Gasteiger partial charge < -0.3 is 9.88 Å². The third kappa shape index (κ3) is 3.87. The summed E-state index contributed by atoms with van der Waals surface area (Å²) in [5.41, 5.74) is 5.03. The number of rotatable bonds is 6. The van der Waals surface area contributed by atoms with Crippen molar-refractivity contribution in [2.45, 2.75) is 46.6 Å². The van der Waals surface area contributed by atoms with Gasteiger partial charge in [-0.3, -0.25) is 4.79 Å². The van der Waals surface area contributed by atoms with Gasteiger partial charge in [0.15, 0.2) is 5.65 Å². The minimum absolute atomic E-state index is 0.00585. The average molecular weight is 336 g/mol. The Labute approximate surface area is 148 Å². The van der Waals surface area contributed by atoms with E-state index in [2.05, 4.69) is 33.7 Å². The van der Waals surface area contributed by atoms with E-state index in [1.165, 1.54) is 11.1 Å². The Morgan fingerprint density at radius 2 is 2.04 bits per heavy atom. The molecule has 0 saturated heterocycles. The Kier molecular flexibility index (Phi) is 5.12. The Balaban J connectivity index is 1.70. The van der Waals surface area contributed by atoms with Crippen LogP contribution in [0.5, 0.6) is 0 Å². The molecule has 2 aromatic heterocycles. The smallest absolute Gasteiger partial charge is 0.224 e. The Hall–Kier alpha value is -2.69. The predicted octanol–water partition coefficient (Wildman–Crippen LogP) is 4.03. The van der Waals surface area contributed by atoms with E-state index in [4.69, 9.17) is 0 Å². The van der Waals surface area contributed by atoms with Crippen molar-refractivity contribution in [2.24, 2.45) is 0 Å². The largest absolute Gasteiger partial charge is 0.326 e. The Morgan fingerprint density at radius 3 is 2.80 bits per heavy atom. The SMILES string of the molecule is CCCn1c(CCC(=O)Nc2ccc(C)c(C)c2)nc2cccnc21. The van der Waals surface area contributed by atoms with E-state index in [1.807, 2.05) is 37.3 Å². The summed E-state index contributed by atoms with van der Waals surface area (Å²) >= 11 is 0. The van der Waals surface area contributed by atoms with Gasteiger partial charge in [-0.15, -0.1) is 0 Å². The monoisotopic (exact) mass is 336 g/mol. The van der Waals surface area contributed by atoms with Crippen molar-refractivity contribution in [3.05, 3.63) is 53.5 Å². The number of hydrogen-bond acceptors (Lipinski definition) is 3. The Morgan fingerprint density at radius 1 is 1.20 bits per heavy atom. The fraction of sp³-hybridized carbons (Fsp3) is 0.350. The normalized spacial score (nSPS) is 11.0. The minimum atomic E-state index is 0.00585. The van der Waals surface area contributed by atoms with E-state index in [1.54, 1.807) is 6.20 Å². The maximum absolute atomic E-state index is 12.3. The van der Waals surface area contributed by atoms with Crippen LogP contribution in [-0.4, -0.2) is 20.4 Å². The lowest BCUT2D eigenvalue weighted by atomic mass is 10.1. The van der Waals surface area contributed by atoms with Crippen LogP contribution in [0.15, 0.2) is 36.5 Å². The van der Waals surface area contributed by atoms with Crippen LogP contribution in [0.1, 0.15) is 36.7 Å². The molecule has 130 valence electrons. The van der Waals surface area contributed by atoms with Gasteiger partial charge in [0.2, 0.25) is 5.91 Å². The van der Waals surface area contributed by atoms with Gasteiger partial charge in [0.05, 0.1) is 0 Å². The standard InChI is InChI=1S/C20H24N4O/c1-4-12-24-18(23-17-6-5-11-21-20(17)24)9-10-19(25)22-16-8-7-14(2)15(3)13-16/h5-8,11,13H,4,9-10,12H2,1-3H3,(H,22,25). The van der Waals surface area contributed by atoms with Crippen molar-refractivity contribution in [3.8, 4) is 0 Å². The van der Waals surface area contributed by atoms with E-state index >= 15 is 0 Å². The van der Waals surface area contributed by atoms with Crippen LogP contribution in [-0.2, 0) is 17.8 Å². The van der Waals surface area contributed by atoms with Crippen LogP contribution in [0.3, 0.4) is 0 Å². The number of aromatic nitrogens is 3. The molecule has 0 radical (unpaired) electrons. The zero-order valence-corrected chi connectivity index (χ0v) is 15.0. The lowest BCUT2D eigenvalue weighted by Gasteiger charge is -2.09. The van der Waals surface area contributed by atoms with Crippen LogP contribution in [0.25, 0.3) is 11.2 Å². The van der Waals surface area contributed by atoms with Crippen molar-refractivity contribution < 1.29 is 4.79 Å². The number of carbonyl (C=O) groups excluding carboxylic acids is 1. The predicted molar refractivity (Wildman–Crippen MR) is 101 cm³/mol. The number of nitrogens with zero attached hydrogens (tertiary/aromatic N) is 3. The number of benzene rings is 1. The molecule has 0 spiro atoms. The van der Waals surface area contributed by atoms with Crippen LogP contribution < -0.4 is 5.32 Å². The summed E-state index contributed by atoms with van der Waals surface area (Å²) < 4.78 is 2.12. The molecular formula is C20H24N4O. The molecule has 0 bridgehead atoms. The summed E-state index contributed by atoms with van der Waals surface area (Å²) in [6.45, 7) is 7.10. The van der Waals surface area contributed by atoms with Crippen LogP contribution in [0, 0.1) is 13.8 Å². The molecule has 0 unspecified atom stereocenters. The number of carbonyl (C=O) groups is 1. The molecule has 3 rings (SSSR count). The highest BCUT2D eigenvalue weighted by atomic mass is 16.1. The van der Waals surface area contributed by atoms with Gasteiger partial charge in [-0.1, -0.05) is 13.0 Å². The molecule has 0 aliphatic carbocycles. The van der Waals surface area contributed by atoms with E-state index in [0.717, 1.165) is 35.6 Å². The highest BCUT2D eigenvalue weighted by molar-refractivity contribution is 5.91. The number of pyridine rings is 1. The first kappa shape index (κ1) is 17.1. The fourth-order valence-corrected chi connectivity index (χ4v) is 2.92. The Bertz CT molecular complexity index is 898. The minimum Gasteiger partial charge on any atom is -0.326 e. The maximum Gasteiger partial charge on any atom is 0.224 e. The number of hydrogen-bond donors (Lipinski definition) is 1. The zero-order chi connectivity index (χ0) is 17.8. The van der Waals surface area contributed by atoms with Gasteiger partial charge in [0, 0.05) is 31.3 Å². The molecule has 5 nitrogen and oxygen atoms in total. The maximum atomic E-state index is 12.3. The number of anilines is 1. The van der Waals surface area contributed by atoms with E-state index < -0.39 is 0 Å². The molecule has 0 atom stereocenters. The zero-order valence-electron chi connectivity index (χ0n) is 15.0. The summed E-state index contributed by atoms with van der Waals surface area (Å²) in [6, 6.07) is 9.83. The summed E-state index contributed by atoms with van der Waals surface area (Å²) in [4.78, 5) is 21.4. The van der Waals surface area contributed by atoms with E-state index in [9.17, 15) is 4.79 Å². The van der Waals surface area contributed by atoms with Gasteiger partial charge in [-0.05, 0) is 55.7 Å². The lowest BCUT2D eigenvalue weighted by Crippen LogP contribution is -2.14. The second-order valence-electron chi connectivity index (χ2n) is 6.37.